The van der Waals surface area contributed by atoms with Crippen molar-refractivity contribution >= 4 is 0 Å². The molecule has 13 heavy (non-hydrogen) atoms. The second-order valence-electron chi connectivity index (χ2n) is 5.58. The lowest BCUT2D eigenvalue weighted by Crippen LogP contribution is -2.42. The fraction of sp³-hybridized carbons (Fsp3) is 1.00. The SMILES string of the molecule is CC1(C)CCCCCC1NC1CC1. The van der Waals surface area contributed by atoms with E-state index in [0.29, 0.717) is 5.41 Å². The third-order valence-electron chi connectivity index (χ3n) is 3.77. The van der Waals surface area contributed by atoms with Gasteiger partial charge in [0.15, 0.2) is 0 Å². The maximum Gasteiger partial charge on any atom is 0.0121 e. The summed E-state index contributed by atoms with van der Waals surface area (Å²) >= 11 is 0. The molecule has 0 aromatic rings. The van der Waals surface area contributed by atoms with Crippen LogP contribution in [-0.4, -0.2) is 12.1 Å². The van der Waals surface area contributed by atoms with Crippen molar-refractivity contribution in [2.75, 3.05) is 0 Å². The van der Waals surface area contributed by atoms with Gasteiger partial charge in [-0.15, -0.1) is 0 Å². The molecule has 2 saturated carbocycles. The molecule has 0 spiro atoms. The first-order chi connectivity index (χ1) is 6.18. The second kappa shape index (κ2) is 3.61. The van der Waals surface area contributed by atoms with Crippen LogP contribution in [0.4, 0.5) is 0 Å². The molecule has 1 atom stereocenters. The van der Waals surface area contributed by atoms with Gasteiger partial charge >= 0.3 is 0 Å². The number of hydrogen-bond donors (Lipinski definition) is 1. The Morgan fingerprint density at radius 3 is 2.46 bits per heavy atom. The maximum atomic E-state index is 3.82. The Hall–Kier alpha value is -0.0400. The Labute approximate surface area is 82.3 Å². The molecular formula is C12H23N. The molecule has 1 heteroatoms. The minimum atomic E-state index is 0.541. The molecule has 0 aliphatic heterocycles. The molecule has 1 nitrogen and oxygen atoms in total. The first-order valence-corrected chi connectivity index (χ1v) is 5.94. The predicted molar refractivity (Wildman–Crippen MR) is 56.8 cm³/mol. The lowest BCUT2D eigenvalue weighted by molar-refractivity contribution is 0.223. The maximum absolute atomic E-state index is 3.82. The van der Waals surface area contributed by atoms with Crippen molar-refractivity contribution in [3.63, 3.8) is 0 Å². The summed E-state index contributed by atoms with van der Waals surface area (Å²) in [5.41, 5.74) is 0.541. The topological polar surface area (TPSA) is 12.0 Å². The van der Waals surface area contributed by atoms with Crippen LogP contribution in [0.1, 0.15) is 58.8 Å². The van der Waals surface area contributed by atoms with Gasteiger partial charge in [-0.25, -0.2) is 0 Å². The summed E-state index contributed by atoms with van der Waals surface area (Å²) < 4.78 is 0. The molecular weight excluding hydrogens is 158 g/mol. The van der Waals surface area contributed by atoms with Gasteiger partial charge in [-0.1, -0.05) is 33.1 Å². The van der Waals surface area contributed by atoms with E-state index >= 15 is 0 Å². The molecule has 0 saturated heterocycles. The predicted octanol–water partition coefficient (Wildman–Crippen LogP) is 3.10. The second-order valence-corrected chi connectivity index (χ2v) is 5.58. The summed E-state index contributed by atoms with van der Waals surface area (Å²) in [4.78, 5) is 0. The molecule has 76 valence electrons. The van der Waals surface area contributed by atoms with E-state index in [-0.39, 0.29) is 0 Å². The summed E-state index contributed by atoms with van der Waals surface area (Å²) in [7, 11) is 0. The molecule has 2 aliphatic carbocycles. The fourth-order valence-electron chi connectivity index (χ4n) is 2.51. The van der Waals surface area contributed by atoms with Crippen LogP contribution in [0.2, 0.25) is 0 Å². The van der Waals surface area contributed by atoms with E-state index < -0.39 is 0 Å². The minimum absolute atomic E-state index is 0.541. The standard InChI is InChI=1S/C12H23N/c1-12(2)9-5-3-4-6-11(12)13-10-7-8-10/h10-11,13H,3-9H2,1-2H3. The van der Waals surface area contributed by atoms with Gasteiger partial charge in [-0.3, -0.25) is 0 Å². The lowest BCUT2D eigenvalue weighted by Gasteiger charge is -2.33. The molecule has 2 aliphatic rings. The summed E-state index contributed by atoms with van der Waals surface area (Å²) in [6.07, 6.45) is 10.00. The molecule has 0 bridgehead atoms. The normalized spacial score (nSPS) is 34.2. The van der Waals surface area contributed by atoms with Crippen molar-refractivity contribution in [3.05, 3.63) is 0 Å². The van der Waals surface area contributed by atoms with Gasteiger partial charge in [0, 0.05) is 12.1 Å². The lowest BCUT2D eigenvalue weighted by atomic mass is 9.80. The zero-order valence-corrected chi connectivity index (χ0v) is 9.10. The molecule has 1 N–H and O–H groups in total. The van der Waals surface area contributed by atoms with E-state index in [1.807, 2.05) is 0 Å². The minimum Gasteiger partial charge on any atom is -0.311 e. The molecule has 2 fully saturated rings. The number of rotatable bonds is 2. The third kappa shape index (κ3) is 2.46. The summed E-state index contributed by atoms with van der Waals surface area (Å²) in [6, 6.07) is 1.67. The van der Waals surface area contributed by atoms with Gasteiger partial charge in [0.25, 0.3) is 0 Å². The fourth-order valence-corrected chi connectivity index (χ4v) is 2.51. The Kier molecular flexibility index (Phi) is 2.64. The monoisotopic (exact) mass is 181 g/mol. The highest BCUT2D eigenvalue weighted by Gasteiger charge is 2.34. The summed E-state index contributed by atoms with van der Waals surface area (Å²) in [5, 5.41) is 3.82. The summed E-state index contributed by atoms with van der Waals surface area (Å²) in [5.74, 6) is 0. The zero-order valence-electron chi connectivity index (χ0n) is 9.10. The molecule has 1 unspecified atom stereocenters. The van der Waals surface area contributed by atoms with Crippen molar-refractivity contribution in [1.29, 1.82) is 0 Å². The van der Waals surface area contributed by atoms with E-state index in [9.17, 15) is 0 Å². The summed E-state index contributed by atoms with van der Waals surface area (Å²) in [6.45, 7) is 4.89. The van der Waals surface area contributed by atoms with Crippen molar-refractivity contribution in [2.24, 2.45) is 5.41 Å². The first kappa shape index (κ1) is 9.51. The van der Waals surface area contributed by atoms with Gasteiger partial charge in [0.05, 0.1) is 0 Å². The molecule has 0 radical (unpaired) electrons. The molecule has 2 rings (SSSR count). The van der Waals surface area contributed by atoms with Gasteiger partial charge in [-0.05, 0) is 31.1 Å². The highest BCUT2D eigenvalue weighted by atomic mass is 15.0. The average molecular weight is 181 g/mol. The largest absolute Gasteiger partial charge is 0.311 e. The van der Waals surface area contributed by atoms with E-state index in [1.165, 1.54) is 44.9 Å². The average Bonchev–Trinajstić information content (AvgIpc) is 2.84. The number of hydrogen-bond acceptors (Lipinski definition) is 1. The molecule has 0 aromatic carbocycles. The van der Waals surface area contributed by atoms with Crippen LogP contribution in [0.15, 0.2) is 0 Å². The zero-order chi connectivity index (χ0) is 9.31. The van der Waals surface area contributed by atoms with Crippen molar-refractivity contribution in [2.45, 2.75) is 70.9 Å². The van der Waals surface area contributed by atoms with Gasteiger partial charge in [0.2, 0.25) is 0 Å². The van der Waals surface area contributed by atoms with Crippen LogP contribution >= 0.6 is 0 Å². The Bertz CT molecular complexity index is 170. The Morgan fingerprint density at radius 2 is 1.77 bits per heavy atom. The van der Waals surface area contributed by atoms with E-state index in [2.05, 4.69) is 19.2 Å². The van der Waals surface area contributed by atoms with Crippen LogP contribution in [0, 0.1) is 5.41 Å². The number of nitrogens with one attached hydrogen (secondary N) is 1. The van der Waals surface area contributed by atoms with Gasteiger partial charge < -0.3 is 5.32 Å². The van der Waals surface area contributed by atoms with Gasteiger partial charge in [0.1, 0.15) is 0 Å². The smallest absolute Gasteiger partial charge is 0.0121 e. The van der Waals surface area contributed by atoms with Crippen LogP contribution in [0.25, 0.3) is 0 Å². The quantitative estimate of drug-likeness (QED) is 0.645. The van der Waals surface area contributed by atoms with Crippen LogP contribution < -0.4 is 5.32 Å². The highest BCUT2D eigenvalue weighted by Crippen LogP contribution is 2.36. The van der Waals surface area contributed by atoms with E-state index in [1.54, 1.807) is 0 Å². The van der Waals surface area contributed by atoms with E-state index in [4.69, 9.17) is 0 Å². The van der Waals surface area contributed by atoms with E-state index in [0.717, 1.165) is 12.1 Å². The Balaban J connectivity index is 1.93. The van der Waals surface area contributed by atoms with Crippen LogP contribution in [-0.2, 0) is 0 Å². The van der Waals surface area contributed by atoms with Crippen molar-refractivity contribution < 1.29 is 0 Å². The van der Waals surface area contributed by atoms with Crippen LogP contribution in [0.3, 0.4) is 0 Å². The Morgan fingerprint density at radius 1 is 1.00 bits per heavy atom. The molecule has 0 heterocycles. The van der Waals surface area contributed by atoms with Crippen molar-refractivity contribution in [1.82, 2.24) is 5.32 Å². The third-order valence-corrected chi connectivity index (χ3v) is 3.77. The molecule has 0 aromatic heterocycles. The van der Waals surface area contributed by atoms with Crippen molar-refractivity contribution in [3.8, 4) is 0 Å². The molecule has 0 amide bonds. The first-order valence-electron chi connectivity index (χ1n) is 5.94. The highest BCUT2D eigenvalue weighted by molar-refractivity contribution is 4.92. The van der Waals surface area contributed by atoms with Gasteiger partial charge in [-0.2, -0.15) is 0 Å². The van der Waals surface area contributed by atoms with Crippen LogP contribution in [0.5, 0.6) is 0 Å².